The van der Waals surface area contributed by atoms with Crippen LogP contribution in [-0.4, -0.2) is 18.3 Å². The van der Waals surface area contributed by atoms with Gasteiger partial charge in [0.25, 0.3) is 0 Å². The van der Waals surface area contributed by atoms with Crippen molar-refractivity contribution < 1.29 is 4.79 Å². The van der Waals surface area contributed by atoms with E-state index in [4.69, 9.17) is 11.6 Å². The maximum Gasteiger partial charge on any atom is 0.220 e. The molecule has 0 atom stereocenters. The van der Waals surface area contributed by atoms with Crippen molar-refractivity contribution in [1.29, 1.82) is 0 Å². The number of unbranched alkanes of at least 4 members (excludes halogenated alkanes) is 1. The quantitative estimate of drug-likeness (QED) is 0.488. The zero-order valence-corrected chi connectivity index (χ0v) is 7.78. The Hall–Kier alpha value is -0.240. The molecular formula is C8H16ClNO. The second kappa shape index (κ2) is 7.86. The number of alkyl halides is 1. The number of halogens is 1. The maximum absolute atomic E-state index is 10.9. The summed E-state index contributed by atoms with van der Waals surface area (Å²) in [7, 11) is 0. The summed E-state index contributed by atoms with van der Waals surface area (Å²) < 4.78 is 0. The Labute approximate surface area is 73.3 Å². The molecule has 0 saturated heterocycles. The summed E-state index contributed by atoms with van der Waals surface area (Å²) in [5.41, 5.74) is 0. The van der Waals surface area contributed by atoms with Gasteiger partial charge in [0.2, 0.25) is 5.91 Å². The van der Waals surface area contributed by atoms with Gasteiger partial charge < -0.3 is 5.32 Å². The van der Waals surface area contributed by atoms with E-state index < -0.39 is 0 Å². The molecule has 1 N–H and O–H groups in total. The highest BCUT2D eigenvalue weighted by molar-refractivity contribution is 6.17. The fourth-order valence-corrected chi connectivity index (χ4v) is 0.854. The van der Waals surface area contributed by atoms with E-state index in [1.54, 1.807) is 0 Å². The lowest BCUT2D eigenvalue weighted by Gasteiger charge is -2.01. The van der Waals surface area contributed by atoms with E-state index in [1.165, 1.54) is 0 Å². The monoisotopic (exact) mass is 177 g/mol. The Balaban J connectivity index is 3.09. The van der Waals surface area contributed by atoms with Gasteiger partial charge in [0.05, 0.1) is 0 Å². The number of amides is 1. The molecule has 11 heavy (non-hydrogen) atoms. The molecule has 0 aliphatic carbocycles. The van der Waals surface area contributed by atoms with Gasteiger partial charge in [-0.1, -0.05) is 13.3 Å². The molecular weight excluding hydrogens is 162 g/mol. The average Bonchev–Trinajstić information content (AvgIpc) is 2.01. The molecule has 0 spiro atoms. The predicted octanol–water partition coefficient (Wildman–Crippen LogP) is 1.92. The summed E-state index contributed by atoms with van der Waals surface area (Å²) >= 11 is 5.43. The van der Waals surface area contributed by atoms with Gasteiger partial charge in [-0.2, -0.15) is 0 Å². The van der Waals surface area contributed by atoms with E-state index in [2.05, 4.69) is 12.2 Å². The van der Waals surface area contributed by atoms with Gasteiger partial charge in [0.15, 0.2) is 0 Å². The van der Waals surface area contributed by atoms with Gasteiger partial charge in [0, 0.05) is 18.8 Å². The van der Waals surface area contributed by atoms with Gasteiger partial charge in [-0.05, 0) is 12.8 Å². The van der Waals surface area contributed by atoms with Crippen LogP contribution in [0.1, 0.15) is 32.6 Å². The van der Waals surface area contributed by atoms with Crippen molar-refractivity contribution in [2.45, 2.75) is 32.6 Å². The van der Waals surface area contributed by atoms with Crippen LogP contribution in [0.25, 0.3) is 0 Å². The normalized spacial score (nSPS) is 9.64. The minimum atomic E-state index is 0.124. The first-order valence-electron chi connectivity index (χ1n) is 4.14. The molecule has 0 fully saturated rings. The lowest BCUT2D eigenvalue weighted by atomic mass is 10.3. The molecule has 0 aliphatic rings. The number of carbonyl (C=O) groups is 1. The van der Waals surface area contributed by atoms with Gasteiger partial charge >= 0.3 is 0 Å². The second-order valence-corrected chi connectivity index (χ2v) is 2.87. The average molecular weight is 178 g/mol. The van der Waals surface area contributed by atoms with Crippen molar-refractivity contribution in [1.82, 2.24) is 5.32 Å². The Morgan fingerprint density at radius 2 is 2.18 bits per heavy atom. The van der Waals surface area contributed by atoms with Crippen LogP contribution in [0, 0.1) is 0 Å². The molecule has 0 aromatic carbocycles. The van der Waals surface area contributed by atoms with E-state index in [0.29, 0.717) is 12.3 Å². The first-order valence-corrected chi connectivity index (χ1v) is 4.67. The van der Waals surface area contributed by atoms with Crippen LogP contribution in [0.4, 0.5) is 0 Å². The Morgan fingerprint density at radius 3 is 2.73 bits per heavy atom. The molecule has 1 amide bonds. The third-order valence-corrected chi connectivity index (χ3v) is 1.66. The van der Waals surface area contributed by atoms with E-state index >= 15 is 0 Å². The highest BCUT2D eigenvalue weighted by Gasteiger charge is 1.97. The van der Waals surface area contributed by atoms with Crippen LogP contribution in [0.5, 0.6) is 0 Å². The Bertz CT molecular complexity index is 106. The number of rotatable bonds is 6. The fourth-order valence-electron chi connectivity index (χ4n) is 0.720. The van der Waals surface area contributed by atoms with E-state index in [9.17, 15) is 4.79 Å². The van der Waals surface area contributed by atoms with E-state index in [-0.39, 0.29) is 5.91 Å². The van der Waals surface area contributed by atoms with Crippen LogP contribution < -0.4 is 5.32 Å². The lowest BCUT2D eigenvalue weighted by molar-refractivity contribution is -0.121. The van der Waals surface area contributed by atoms with Crippen molar-refractivity contribution in [2.24, 2.45) is 0 Å². The van der Waals surface area contributed by atoms with Gasteiger partial charge in [-0.25, -0.2) is 0 Å². The van der Waals surface area contributed by atoms with Gasteiger partial charge in [0.1, 0.15) is 0 Å². The van der Waals surface area contributed by atoms with Crippen molar-refractivity contribution in [3.05, 3.63) is 0 Å². The van der Waals surface area contributed by atoms with Crippen molar-refractivity contribution in [3.63, 3.8) is 0 Å². The molecule has 3 heteroatoms. The van der Waals surface area contributed by atoms with E-state index in [1.807, 2.05) is 0 Å². The van der Waals surface area contributed by atoms with Crippen molar-refractivity contribution in [2.75, 3.05) is 12.4 Å². The first-order chi connectivity index (χ1) is 5.31. The standard InChI is InChI=1S/C8H16ClNO/c1-2-3-7-10-8(11)5-4-6-9/h2-7H2,1H3,(H,10,11). The zero-order chi connectivity index (χ0) is 8.53. The lowest BCUT2D eigenvalue weighted by Crippen LogP contribution is -2.23. The molecule has 0 rings (SSSR count). The van der Waals surface area contributed by atoms with Gasteiger partial charge in [-0.3, -0.25) is 4.79 Å². The Morgan fingerprint density at radius 1 is 1.45 bits per heavy atom. The third kappa shape index (κ3) is 7.66. The van der Waals surface area contributed by atoms with Crippen LogP contribution in [0.15, 0.2) is 0 Å². The number of hydrogen-bond donors (Lipinski definition) is 1. The summed E-state index contributed by atoms with van der Waals surface area (Å²) in [6.45, 7) is 2.91. The van der Waals surface area contributed by atoms with Crippen molar-refractivity contribution in [3.8, 4) is 0 Å². The number of nitrogens with one attached hydrogen (secondary N) is 1. The highest BCUT2D eigenvalue weighted by atomic mass is 35.5. The molecule has 0 aliphatic heterocycles. The summed E-state index contributed by atoms with van der Waals surface area (Å²) in [6.07, 6.45) is 3.52. The largest absolute Gasteiger partial charge is 0.356 e. The first kappa shape index (κ1) is 10.8. The minimum absolute atomic E-state index is 0.124. The molecule has 2 nitrogen and oxygen atoms in total. The molecule has 0 saturated carbocycles. The van der Waals surface area contributed by atoms with Crippen LogP contribution >= 0.6 is 11.6 Å². The smallest absolute Gasteiger partial charge is 0.220 e. The molecule has 66 valence electrons. The highest BCUT2D eigenvalue weighted by Crippen LogP contribution is 1.91. The van der Waals surface area contributed by atoms with E-state index in [0.717, 1.165) is 25.8 Å². The van der Waals surface area contributed by atoms with Crippen LogP contribution in [0.2, 0.25) is 0 Å². The Kier molecular flexibility index (Phi) is 7.69. The molecule has 0 aromatic rings. The molecule has 0 heterocycles. The number of hydrogen-bond acceptors (Lipinski definition) is 1. The SMILES string of the molecule is CCCCNC(=O)CCCCl. The summed E-state index contributed by atoms with van der Waals surface area (Å²) in [4.78, 5) is 10.9. The molecule has 0 unspecified atom stereocenters. The summed E-state index contributed by atoms with van der Waals surface area (Å²) in [5.74, 6) is 0.695. The molecule has 0 aromatic heterocycles. The van der Waals surface area contributed by atoms with Gasteiger partial charge in [-0.15, -0.1) is 11.6 Å². The molecule has 0 bridgehead atoms. The zero-order valence-electron chi connectivity index (χ0n) is 7.03. The minimum Gasteiger partial charge on any atom is -0.356 e. The second-order valence-electron chi connectivity index (χ2n) is 2.50. The van der Waals surface area contributed by atoms with Crippen LogP contribution in [0.3, 0.4) is 0 Å². The predicted molar refractivity (Wildman–Crippen MR) is 47.9 cm³/mol. The van der Waals surface area contributed by atoms with Crippen LogP contribution in [-0.2, 0) is 4.79 Å². The third-order valence-electron chi connectivity index (χ3n) is 1.39. The topological polar surface area (TPSA) is 29.1 Å². The molecule has 0 radical (unpaired) electrons. The number of carbonyl (C=O) groups excluding carboxylic acids is 1. The summed E-state index contributed by atoms with van der Waals surface area (Å²) in [6, 6.07) is 0. The maximum atomic E-state index is 10.9. The van der Waals surface area contributed by atoms with Crippen molar-refractivity contribution >= 4 is 17.5 Å². The fraction of sp³-hybridized carbons (Fsp3) is 0.875. The summed E-state index contributed by atoms with van der Waals surface area (Å²) in [5, 5.41) is 2.82.